The van der Waals surface area contributed by atoms with Gasteiger partial charge in [0, 0.05) is 21.4 Å². The van der Waals surface area contributed by atoms with Crippen molar-refractivity contribution in [3.8, 4) is 0 Å². The second-order valence-electron chi connectivity index (χ2n) is 5.60. The highest BCUT2D eigenvalue weighted by atomic mass is 32.2. The first-order valence-corrected chi connectivity index (χ1v) is 8.60. The quantitative estimate of drug-likeness (QED) is 0.403. The SMILES string of the molecule is c1ccc2c(c1)Sc1ccccc1N2c1ncc2ccccc2n1. The van der Waals surface area contributed by atoms with E-state index in [1.54, 1.807) is 11.8 Å². The maximum atomic E-state index is 4.80. The Kier molecular flexibility index (Phi) is 3.03. The molecule has 0 saturated heterocycles. The molecule has 1 aromatic heterocycles. The first kappa shape index (κ1) is 13.6. The first-order chi connectivity index (χ1) is 11.9. The molecule has 0 N–H and O–H groups in total. The van der Waals surface area contributed by atoms with Crippen molar-refractivity contribution in [1.29, 1.82) is 0 Å². The molecule has 0 aliphatic carbocycles. The van der Waals surface area contributed by atoms with Crippen LogP contribution in [0.5, 0.6) is 0 Å². The number of hydrogen-bond acceptors (Lipinski definition) is 4. The van der Waals surface area contributed by atoms with Crippen molar-refractivity contribution in [2.75, 3.05) is 4.90 Å². The topological polar surface area (TPSA) is 29.0 Å². The van der Waals surface area contributed by atoms with Crippen LogP contribution in [-0.4, -0.2) is 9.97 Å². The molecule has 0 spiro atoms. The van der Waals surface area contributed by atoms with Crippen LogP contribution in [0.15, 0.2) is 88.8 Å². The van der Waals surface area contributed by atoms with E-state index in [0.29, 0.717) is 5.95 Å². The van der Waals surface area contributed by atoms with Crippen LogP contribution in [0.3, 0.4) is 0 Å². The van der Waals surface area contributed by atoms with Gasteiger partial charge in [0.25, 0.3) is 0 Å². The monoisotopic (exact) mass is 327 g/mol. The standard InChI is InChI=1S/C20H13N3S/c1-2-8-15-14(7-1)13-21-20(22-15)23-16-9-3-5-11-18(16)24-19-12-6-4-10-17(19)23/h1-13H. The predicted octanol–water partition coefficient (Wildman–Crippen LogP) is 5.56. The summed E-state index contributed by atoms with van der Waals surface area (Å²) < 4.78 is 0. The number of fused-ring (bicyclic) bond motifs is 3. The van der Waals surface area contributed by atoms with E-state index in [1.165, 1.54) is 9.79 Å². The number of hydrogen-bond donors (Lipinski definition) is 0. The molecule has 0 atom stereocenters. The molecule has 0 bridgehead atoms. The largest absolute Gasteiger partial charge is 0.277 e. The van der Waals surface area contributed by atoms with Crippen LogP contribution in [0.25, 0.3) is 10.9 Å². The summed E-state index contributed by atoms with van der Waals surface area (Å²) in [6.45, 7) is 0. The van der Waals surface area contributed by atoms with Crippen LogP contribution in [0, 0.1) is 0 Å². The van der Waals surface area contributed by atoms with Crippen LogP contribution in [0.2, 0.25) is 0 Å². The molecule has 5 rings (SSSR count). The third kappa shape index (κ3) is 2.07. The summed E-state index contributed by atoms with van der Waals surface area (Å²) in [4.78, 5) is 14.0. The molecular formula is C20H13N3S. The van der Waals surface area contributed by atoms with Crippen LogP contribution >= 0.6 is 11.8 Å². The highest BCUT2D eigenvalue weighted by molar-refractivity contribution is 7.99. The number of anilines is 3. The van der Waals surface area contributed by atoms with E-state index in [4.69, 9.17) is 4.98 Å². The van der Waals surface area contributed by atoms with Crippen molar-refractivity contribution >= 4 is 40.0 Å². The van der Waals surface area contributed by atoms with Crippen molar-refractivity contribution < 1.29 is 0 Å². The Bertz CT molecular complexity index is 1020. The van der Waals surface area contributed by atoms with Gasteiger partial charge in [0.2, 0.25) is 5.95 Å². The summed E-state index contributed by atoms with van der Waals surface area (Å²) in [5, 5.41) is 1.05. The van der Waals surface area contributed by atoms with E-state index >= 15 is 0 Å². The number of aromatic nitrogens is 2. The number of benzene rings is 3. The van der Waals surface area contributed by atoms with Crippen LogP contribution in [0.1, 0.15) is 0 Å². The molecule has 24 heavy (non-hydrogen) atoms. The molecule has 0 radical (unpaired) electrons. The maximum Gasteiger partial charge on any atom is 0.235 e. The van der Waals surface area contributed by atoms with Gasteiger partial charge in [-0.2, -0.15) is 0 Å². The van der Waals surface area contributed by atoms with Gasteiger partial charge in [-0.15, -0.1) is 0 Å². The van der Waals surface area contributed by atoms with Gasteiger partial charge in [-0.25, -0.2) is 9.97 Å². The molecule has 4 aromatic rings. The molecular weight excluding hydrogens is 314 g/mol. The highest BCUT2D eigenvalue weighted by Gasteiger charge is 2.25. The fourth-order valence-corrected chi connectivity index (χ4v) is 4.05. The van der Waals surface area contributed by atoms with E-state index < -0.39 is 0 Å². The molecule has 3 nitrogen and oxygen atoms in total. The van der Waals surface area contributed by atoms with Crippen molar-refractivity contribution in [2.24, 2.45) is 0 Å². The zero-order valence-electron chi connectivity index (χ0n) is 12.8. The second kappa shape index (κ2) is 5.35. The van der Waals surface area contributed by atoms with E-state index in [-0.39, 0.29) is 0 Å². The minimum Gasteiger partial charge on any atom is -0.277 e. The molecule has 114 valence electrons. The lowest BCUT2D eigenvalue weighted by molar-refractivity contribution is 1.06. The van der Waals surface area contributed by atoms with Gasteiger partial charge in [-0.3, -0.25) is 4.90 Å². The molecule has 0 fully saturated rings. The van der Waals surface area contributed by atoms with E-state index in [1.807, 2.05) is 30.5 Å². The summed E-state index contributed by atoms with van der Waals surface area (Å²) in [5.41, 5.74) is 3.20. The number of para-hydroxylation sites is 3. The van der Waals surface area contributed by atoms with Crippen molar-refractivity contribution in [2.45, 2.75) is 9.79 Å². The van der Waals surface area contributed by atoms with E-state index in [9.17, 15) is 0 Å². The molecule has 2 heterocycles. The maximum absolute atomic E-state index is 4.80. The molecule has 0 saturated carbocycles. The Balaban J connectivity index is 1.77. The number of nitrogens with zero attached hydrogens (tertiary/aromatic N) is 3. The van der Waals surface area contributed by atoms with Gasteiger partial charge in [0.1, 0.15) is 0 Å². The third-order valence-corrected chi connectivity index (χ3v) is 5.24. The fraction of sp³-hybridized carbons (Fsp3) is 0. The molecule has 1 aliphatic heterocycles. The highest BCUT2D eigenvalue weighted by Crippen LogP contribution is 2.50. The Morgan fingerprint density at radius 3 is 2.08 bits per heavy atom. The van der Waals surface area contributed by atoms with Crippen molar-refractivity contribution in [3.63, 3.8) is 0 Å². The van der Waals surface area contributed by atoms with Crippen molar-refractivity contribution in [3.05, 3.63) is 79.0 Å². The molecule has 1 aliphatic rings. The van der Waals surface area contributed by atoms with Gasteiger partial charge in [-0.1, -0.05) is 54.2 Å². The average molecular weight is 327 g/mol. The van der Waals surface area contributed by atoms with Crippen LogP contribution in [-0.2, 0) is 0 Å². The van der Waals surface area contributed by atoms with Gasteiger partial charge in [0.15, 0.2) is 0 Å². The molecule has 3 aromatic carbocycles. The summed E-state index contributed by atoms with van der Waals surface area (Å²) >= 11 is 1.79. The second-order valence-corrected chi connectivity index (χ2v) is 6.69. The van der Waals surface area contributed by atoms with Gasteiger partial charge in [0.05, 0.1) is 16.9 Å². The van der Waals surface area contributed by atoms with Crippen molar-refractivity contribution in [1.82, 2.24) is 9.97 Å². The summed E-state index contributed by atoms with van der Waals surface area (Å²) in [7, 11) is 0. The third-order valence-electron chi connectivity index (χ3n) is 4.11. The summed E-state index contributed by atoms with van der Waals surface area (Å²) in [6, 6.07) is 24.9. The normalized spacial score (nSPS) is 12.8. The summed E-state index contributed by atoms with van der Waals surface area (Å²) in [5.74, 6) is 0.703. The van der Waals surface area contributed by atoms with Gasteiger partial charge < -0.3 is 0 Å². The number of rotatable bonds is 1. The van der Waals surface area contributed by atoms with E-state index in [2.05, 4.69) is 58.4 Å². The lowest BCUT2D eigenvalue weighted by Crippen LogP contribution is -2.17. The smallest absolute Gasteiger partial charge is 0.235 e. The zero-order valence-corrected chi connectivity index (χ0v) is 13.6. The van der Waals surface area contributed by atoms with E-state index in [0.717, 1.165) is 22.3 Å². The lowest BCUT2D eigenvalue weighted by Gasteiger charge is -2.30. The molecule has 0 amide bonds. The van der Waals surface area contributed by atoms with Gasteiger partial charge in [-0.05, 0) is 30.3 Å². The average Bonchev–Trinajstić information content (AvgIpc) is 2.65. The van der Waals surface area contributed by atoms with Gasteiger partial charge >= 0.3 is 0 Å². The first-order valence-electron chi connectivity index (χ1n) is 7.78. The minimum absolute atomic E-state index is 0.703. The Labute approximate surface area is 144 Å². The lowest BCUT2D eigenvalue weighted by atomic mass is 10.2. The minimum atomic E-state index is 0.703. The predicted molar refractivity (Wildman–Crippen MR) is 98.3 cm³/mol. The summed E-state index contributed by atoms with van der Waals surface area (Å²) in [6.07, 6.45) is 1.89. The Morgan fingerprint density at radius 1 is 0.708 bits per heavy atom. The zero-order chi connectivity index (χ0) is 15.9. The fourth-order valence-electron chi connectivity index (χ4n) is 2.99. The Hall–Kier alpha value is -2.85. The van der Waals surface area contributed by atoms with Crippen LogP contribution < -0.4 is 4.90 Å². The van der Waals surface area contributed by atoms with Crippen LogP contribution in [0.4, 0.5) is 17.3 Å². The molecule has 4 heteroatoms. The molecule has 0 unspecified atom stereocenters. The Morgan fingerprint density at radius 2 is 1.33 bits per heavy atom.